The quantitative estimate of drug-likeness (QED) is 0.0967. The number of hydrogen-bond donors (Lipinski definition) is 2. The van der Waals surface area contributed by atoms with Crippen LogP contribution in [0.3, 0.4) is 0 Å². The maximum atomic E-state index is 11.4. The van der Waals surface area contributed by atoms with Gasteiger partial charge in [-0.15, -0.1) is 0 Å². The van der Waals surface area contributed by atoms with E-state index in [-0.39, 0.29) is 116 Å². The second-order valence-corrected chi connectivity index (χ2v) is 15.4. The van der Waals surface area contributed by atoms with Crippen LogP contribution in [-0.2, 0) is 40.6 Å². The zero-order valence-corrected chi connectivity index (χ0v) is 40.9. The molecule has 0 aliphatic rings. The van der Waals surface area contributed by atoms with Gasteiger partial charge >= 0.3 is 103 Å². The maximum Gasteiger partial charge on any atom is 1.00 e. The van der Waals surface area contributed by atoms with Gasteiger partial charge in [0.1, 0.15) is 23.0 Å². The van der Waals surface area contributed by atoms with Crippen molar-refractivity contribution < 1.29 is 150 Å². The Bertz CT molecular complexity index is 1810. The molecule has 0 aromatic heterocycles. The molecule has 4 aromatic carbocycles. The zero-order valence-electron chi connectivity index (χ0n) is 29.8. The van der Waals surface area contributed by atoms with Crippen LogP contribution >= 0.6 is 61.9 Å². The SMILES string of the molecule is CC(=O)NP(=O)([O-])OCCCc1cccc(Oc2ccc(Cl)c(Cl)c2)c1.CC(=O)NP(=O)([O-])OCCCc1cccc(Oc2ccc(Cl)c(Cl)c2)c1.[K+].[K+]. The molecule has 2 atom stereocenters. The fourth-order valence-corrected chi connectivity index (χ4v) is 6.47. The van der Waals surface area contributed by atoms with E-state index in [0.29, 0.717) is 68.8 Å². The monoisotopic (exact) mass is 910 g/mol. The summed E-state index contributed by atoms with van der Waals surface area (Å²) in [6, 6.07) is 24.7. The van der Waals surface area contributed by atoms with Crippen molar-refractivity contribution in [3.8, 4) is 23.0 Å². The first-order chi connectivity index (χ1) is 24.5. The number of carbonyl (C=O) groups is 2. The minimum atomic E-state index is -4.33. The largest absolute Gasteiger partial charge is 1.00 e. The predicted molar refractivity (Wildman–Crippen MR) is 197 cm³/mol. The summed E-state index contributed by atoms with van der Waals surface area (Å²) in [5, 5.41) is 5.22. The average Bonchev–Trinajstić information content (AvgIpc) is 3.05. The van der Waals surface area contributed by atoms with E-state index in [4.69, 9.17) is 64.9 Å². The number of ether oxygens (including phenoxy) is 2. The smallest absolute Gasteiger partial charge is 0.762 e. The Kier molecular flexibility index (Phi) is 25.4. The topological polar surface area (TPSA) is 175 Å². The molecular weight excluding hydrogens is 878 g/mol. The van der Waals surface area contributed by atoms with Crippen molar-refractivity contribution >= 4 is 73.7 Å². The summed E-state index contributed by atoms with van der Waals surface area (Å²) in [5.74, 6) is 0.986. The third-order valence-electron chi connectivity index (χ3n) is 6.38. The van der Waals surface area contributed by atoms with Gasteiger partial charge in [-0.3, -0.25) is 28.9 Å². The van der Waals surface area contributed by atoms with Crippen molar-refractivity contribution in [2.24, 2.45) is 0 Å². The number of amides is 2. The van der Waals surface area contributed by atoms with Gasteiger partial charge in [0.25, 0.3) is 0 Å². The van der Waals surface area contributed by atoms with Crippen LogP contribution in [0.15, 0.2) is 84.9 Å². The number of halogens is 4. The van der Waals surface area contributed by atoms with Gasteiger partial charge in [-0.1, -0.05) is 70.7 Å². The van der Waals surface area contributed by atoms with Crippen LogP contribution in [0.25, 0.3) is 0 Å². The van der Waals surface area contributed by atoms with Crippen molar-refractivity contribution in [3.63, 3.8) is 0 Å². The second-order valence-electron chi connectivity index (χ2n) is 10.9. The molecule has 12 nitrogen and oxygen atoms in total. The van der Waals surface area contributed by atoms with Crippen molar-refractivity contribution in [2.45, 2.75) is 39.5 Å². The van der Waals surface area contributed by atoms with Crippen LogP contribution in [0.4, 0.5) is 0 Å². The van der Waals surface area contributed by atoms with Gasteiger partial charge in [0, 0.05) is 26.0 Å². The normalized spacial score (nSPS) is 12.6. The zero-order chi connectivity index (χ0) is 38.3. The van der Waals surface area contributed by atoms with Gasteiger partial charge in [-0.05, 0) is 85.3 Å². The van der Waals surface area contributed by atoms with Crippen LogP contribution in [0.2, 0.25) is 20.1 Å². The van der Waals surface area contributed by atoms with E-state index >= 15 is 0 Å². The minimum absolute atomic E-state index is 0. The van der Waals surface area contributed by atoms with E-state index in [1.54, 1.807) is 58.7 Å². The third-order valence-corrected chi connectivity index (χ3v) is 10.1. The molecule has 0 saturated carbocycles. The minimum Gasteiger partial charge on any atom is -0.762 e. The molecule has 2 unspecified atom stereocenters. The number of hydrogen-bond acceptors (Lipinski definition) is 10. The molecule has 2 amide bonds. The van der Waals surface area contributed by atoms with Crippen molar-refractivity contribution in [1.29, 1.82) is 0 Å². The molecule has 0 heterocycles. The standard InChI is InChI=1S/2C17H18Cl2NO5P.2K/c2*1-12(21)20-26(22,23)24-9-3-5-13-4-2-6-14(10-13)25-15-7-8-16(18)17(19)11-15;;/h2*2,4,6-8,10-11H,3,5,9H2,1H3,(H2,20,21,22,23);;/q;;2*+1/p-2. The van der Waals surface area contributed by atoms with E-state index in [0.717, 1.165) is 25.0 Å². The summed E-state index contributed by atoms with van der Waals surface area (Å²) < 4.78 is 43.7. The number of benzene rings is 4. The van der Waals surface area contributed by atoms with E-state index in [9.17, 15) is 28.5 Å². The van der Waals surface area contributed by atoms with Crippen molar-refractivity contribution in [2.75, 3.05) is 13.2 Å². The Morgan fingerprint density at radius 2 is 0.926 bits per heavy atom. The van der Waals surface area contributed by atoms with Gasteiger partial charge in [-0.2, -0.15) is 0 Å². The van der Waals surface area contributed by atoms with E-state index < -0.39 is 27.3 Å². The Morgan fingerprint density at radius 3 is 1.26 bits per heavy atom. The van der Waals surface area contributed by atoms with Crippen LogP contribution in [0.5, 0.6) is 23.0 Å². The summed E-state index contributed by atoms with van der Waals surface area (Å²) in [5.41, 5.74) is 1.90. The molecule has 0 bridgehead atoms. The molecule has 20 heteroatoms. The molecular formula is C34H34Cl4K2N2O10P2. The van der Waals surface area contributed by atoms with E-state index in [1.165, 1.54) is 0 Å². The Morgan fingerprint density at radius 1 is 0.574 bits per heavy atom. The summed E-state index contributed by atoms with van der Waals surface area (Å²) in [7, 11) is -8.66. The number of carbonyl (C=O) groups excluding carboxylic acids is 2. The van der Waals surface area contributed by atoms with Crippen LogP contribution < -0.4 is 132 Å². The Hall–Kier alpha value is 0.153. The first kappa shape index (κ1) is 52.2. The third kappa shape index (κ3) is 21.2. The van der Waals surface area contributed by atoms with E-state index in [2.05, 4.69) is 0 Å². The first-order valence-electron chi connectivity index (χ1n) is 15.4. The van der Waals surface area contributed by atoms with Gasteiger partial charge in [-0.25, -0.2) is 0 Å². The van der Waals surface area contributed by atoms with Gasteiger partial charge in [0.05, 0.1) is 33.3 Å². The van der Waals surface area contributed by atoms with Gasteiger partial charge in [0.2, 0.25) is 27.3 Å². The Labute approximate surface area is 419 Å². The first-order valence-corrected chi connectivity index (χ1v) is 20.0. The van der Waals surface area contributed by atoms with Gasteiger partial charge in [0.15, 0.2) is 0 Å². The number of aryl methyl sites for hydroxylation is 2. The van der Waals surface area contributed by atoms with Crippen LogP contribution in [0, 0.1) is 0 Å². The Balaban J connectivity index is 0.000000521. The molecule has 280 valence electrons. The fraction of sp³-hybridized carbons (Fsp3) is 0.235. The van der Waals surface area contributed by atoms with E-state index in [1.807, 2.05) is 36.4 Å². The predicted octanol–water partition coefficient (Wildman–Crippen LogP) is 2.69. The molecule has 2 N–H and O–H groups in total. The summed E-state index contributed by atoms with van der Waals surface area (Å²) >= 11 is 23.7. The molecule has 54 heavy (non-hydrogen) atoms. The molecule has 0 aliphatic carbocycles. The summed E-state index contributed by atoms with van der Waals surface area (Å²) in [6.07, 6.45) is 2.08. The number of rotatable bonds is 16. The van der Waals surface area contributed by atoms with Gasteiger partial charge < -0.3 is 28.3 Å². The molecule has 4 rings (SSSR count). The maximum absolute atomic E-state index is 11.4. The second kappa shape index (κ2) is 26.3. The van der Waals surface area contributed by atoms with Crippen LogP contribution in [-0.4, -0.2) is 25.0 Å². The fourth-order valence-electron chi connectivity index (χ4n) is 4.25. The summed E-state index contributed by atoms with van der Waals surface area (Å²) in [4.78, 5) is 44.3. The molecule has 4 aromatic rings. The van der Waals surface area contributed by atoms with Crippen molar-refractivity contribution in [1.82, 2.24) is 10.2 Å². The molecule has 0 aliphatic heterocycles. The molecule has 0 spiro atoms. The average molecular weight is 913 g/mol. The summed E-state index contributed by atoms with van der Waals surface area (Å²) in [6.45, 7) is 2.15. The van der Waals surface area contributed by atoms with Crippen LogP contribution in [0.1, 0.15) is 37.8 Å². The van der Waals surface area contributed by atoms with Crippen molar-refractivity contribution in [3.05, 3.63) is 116 Å². The molecule has 0 saturated heterocycles. The number of nitrogens with one attached hydrogen (secondary N) is 2. The molecule has 0 fully saturated rings. The molecule has 0 radical (unpaired) electrons.